The first-order valence-electron chi connectivity index (χ1n) is 9.88. The summed E-state index contributed by atoms with van der Waals surface area (Å²) in [5.74, 6) is -1.20. The van der Waals surface area contributed by atoms with Crippen molar-refractivity contribution in [3.05, 3.63) is 64.2 Å². The fourth-order valence-corrected chi connectivity index (χ4v) is 3.85. The summed E-state index contributed by atoms with van der Waals surface area (Å²) in [5.41, 5.74) is -0.0272. The van der Waals surface area contributed by atoms with Crippen molar-refractivity contribution in [2.75, 3.05) is 11.9 Å². The number of hydrogen-bond acceptors (Lipinski definition) is 3. The molecule has 1 amide bonds. The minimum Gasteiger partial charge on any atom is -0.478 e. The molecule has 166 valence electrons. The molecule has 0 spiro atoms. The highest BCUT2D eigenvalue weighted by Gasteiger charge is 2.32. The molecule has 9 heteroatoms. The normalized spacial score (nSPS) is 19.0. The average molecular weight is 455 g/mol. The smallest absolute Gasteiger partial charge is 0.416 e. The molecule has 1 aliphatic carbocycles. The second-order valence-corrected chi connectivity index (χ2v) is 8.05. The Hall–Kier alpha value is -2.74. The summed E-state index contributed by atoms with van der Waals surface area (Å²) in [6, 6.07) is 9.11. The number of halogens is 4. The average Bonchev–Trinajstić information content (AvgIpc) is 2.73. The van der Waals surface area contributed by atoms with Crippen LogP contribution in [0.3, 0.4) is 0 Å². The van der Waals surface area contributed by atoms with Gasteiger partial charge in [0.2, 0.25) is 0 Å². The topological polar surface area (TPSA) is 78.4 Å². The molecule has 31 heavy (non-hydrogen) atoms. The maximum atomic E-state index is 12.9. The number of nitrogens with one attached hydrogen (secondary N) is 2. The first-order chi connectivity index (χ1) is 14.6. The molecule has 0 saturated heterocycles. The summed E-state index contributed by atoms with van der Waals surface area (Å²) in [5, 5.41) is 15.0. The van der Waals surface area contributed by atoms with Crippen LogP contribution in [0.25, 0.3) is 0 Å². The van der Waals surface area contributed by atoms with Gasteiger partial charge in [-0.25, -0.2) is 4.79 Å². The van der Waals surface area contributed by atoms with Crippen molar-refractivity contribution in [2.45, 2.75) is 37.9 Å². The fourth-order valence-electron chi connectivity index (χ4n) is 3.64. The van der Waals surface area contributed by atoms with Gasteiger partial charge in [-0.2, -0.15) is 13.2 Å². The number of benzene rings is 2. The summed E-state index contributed by atoms with van der Waals surface area (Å²) in [6.45, 7) is 0.715. The van der Waals surface area contributed by atoms with E-state index < -0.39 is 23.6 Å². The predicted molar refractivity (Wildman–Crippen MR) is 112 cm³/mol. The second-order valence-electron chi connectivity index (χ2n) is 7.65. The molecule has 3 rings (SSSR count). The van der Waals surface area contributed by atoms with Gasteiger partial charge in [-0.3, -0.25) is 4.79 Å². The van der Waals surface area contributed by atoms with E-state index in [1.807, 2.05) is 0 Å². The third kappa shape index (κ3) is 6.13. The van der Waals surface area contributed by atoms with Gasteiger partial charge in [0.15, 0.2) is 0 Å². The van der Waals surface area contributed by atoms with Gasteiger partial charge in [-0.1, -0.05) is 11.6 Å². The fraction of sp³-hybridized carbons (Fsp3) is 0.364. The van der Waals surface area contributed by atoms with E-state index in [-0.39, 0.29) is 22.2 Å². The Kier molecular flexibility index (Phi) is 7.10. The predicted octanol–water partition coefficient (Wildman–Crippen LogP) is 5.46. The Morgan fingerprint density at radius 3 is 2.26 bits per heavy atom. The Morgan fingerprint density at radius 2 is 1.68 bits per heavy atom. The van der Waals surface area contributed by atoms with Gasteiger partial charge in [-0.05, 0) is 74.1 Å². The van der Waals surface area contributed by atoms with Crippen LogP contribution >= 0.6 is 11.6 Å². The van der Waals surface area contributed by atoms with Crippen LogP contribution in [0.1, 0.15) is 52.0 Å². The summed E-state index contributed by atoms with van der Waals surface area (Å²) >= 11 is 5.94. The van der Waals surface area contributed by atoms with E-state index in [2.05, 4.69) is 10.6 Å². The number of hydrogen-bond donors (Lipinski definition) is 3. The number of aromatic carboxylic acids is 1. The summed E-state index contributed by atoms with van der Waals surface area (Å²) in [6.07, 6.45) is -1.42. The molecule has 1 saturated carbocycles. The van der Waals surface area contributed by atoms with Gasteiger partial charge < -0.3 is 15.7 Å². The third-order valence-corrected chi connectivity index (χ3v) is 5.78. The van der Waals surface area contributed by atoms with Crippen molar-refractivity contribution < 1.29 is 27.9 Å². The van der Waals surface area contributed by atoms with Gasteiger partial charge in [0, 0.05) is 18.3 Å². The zero-order chi connectivity index (χ0) is 22.6. The second kappa shape index (κ2) is 9.60. The molecule has 0 aromatic heterocycles. The summed E-state index contributed by atoms with van der Waals surface area (Å²) in [7, 11) is 0. The van der Waals surface area contributed by atoms with Crippen LogP contribution in [-0.4, -0.2) is 29.6 Å². The Balaban J connectivity index is 1.49. The van der Waals surface area contributed by atoms with E-state index in [1.54, 1.807) is 12.1 Å². The van der Waals surface area contributed by atoms with Crippen LogP contribution in [0, 0.1) is 5.92 Å². The third-order valence-electron chi connectivity index (χ3n) is 5.45. The molecular weight excluding hydrogens is 433 g/mol. The highest BCUT2D eigenvalue weighted by atomic mass is 35.5. The van der Waals surface area contributed by atoms with E-state index in [0.717, 1.165) is 36.7 Å². The highest BCUT2D eigenvalue weighted by molar-refractivity contribution is 6.33. The molecule has 1 aliphatic rings. The quantitative estimate of drug-likeness (QED) is 0.541. The Bertz CT molecular complexity index is 940. The van der Waals surface area contributed by atoms with Crippen LogP contribution in [0.4, 0.5) is 18.9 Å². The molecule has 5 nitrogen and oxygen atoms in total. The molecule has 0 unspecified atom stereocenters. The SMILES string of the molecule is O=C(O)c1ccc(NC[C@H]2CC[C@H](NC(=O)c3cc(C(F)(F)F)ccc3Cl)CC2)cc1. The van der Waals surface area contributed by atoms with Gasteiger partial charge in [0.1, 0.15) is 0 Å². The highest BCUT2D eigenvalue weighted by Crippen LogP contribution is 2.32. The van der Waals surface area contributed by atoms with Gasteiger partial charge in [0.05, 0.1) is 21.7 Å². The van der Waals surface area contributed by atoms with Crippen molar-refractivity contribution >= 4 is 29.2 Å². The van der Waals surface area contributed by atoms with Crippen LogP contribution in [0.15, 0.2) is 42.5 Å². The van der Waals surface area contributed by atoms with Crippen LogP contribution in [0.5, 0.6) is 0 Å². The standard InChI is InChI=1S/C22H22ClF3N2O3/c23-19-10-5-15(22(24,25)26)11-18(19)20(29)28-17-6-1-13(2-7-17)12-27-16-8-3-14(4-9-16)21(30)31/h3-5,8-11,13,17,27H,1-2,6-7,12H2,(H,28,29)(H,30,31)/t13-,17-. The minimum atomic E-state index is -4.54. The maximum Gasteiger partial charge on any atom is 0.416 e. The number of carbonyl (C=O) groups is 2. The van der Waals surface area contributed by atoms with Crippen molar-refractivity contribution in [3.8, 4) is 0 Å². The van der Waals surface area contributed by atoms with Gasteiger partial charge in [-0.15, -0.1) is 0 Å². The van der Waals surface area contributed by atoms with Crippen LogP contribution < -0.4 is 10.6 Å². The largest absolute Gasteiger partial charge is 0.478 e. The molecule has 0 heterocycles. The maximum absolute atomic E-state index is 12.9. The molecule has 2 aromatic carbocycles. The zero-order valence-corrected chi connectivity index (χ0v) is 17.3. The number of carboxylic acids is 1. The lowest BCUT2D eigenvalue weighted by Gasteiger charge is -2.29. The van der Waals surface area contributed by atoms with E-state index in [0.29, 0.717) is 25.3 Å². The number of amides is 1. The molecule has 1 fully saturated rings. The first-order valence-corrected chi connectivity index (χ1v) is 10.3. The molecule has 2 aromatic rings. The van der Waals surface area contributed by atoms with E-state index in [4.69, 9.17) is 16.7 Å². The zero-order valence-electron chi connectivity index (χ0n) is 16.5. The molecular formula is C22H22ClF3N2O3. The Morgan fingerprint density at radius 1 is 1.03 bits per heavy atom. The number of anilines is 1. The molecule has 0 aliphatic heterocycles. The van der Waals surface area contributed by atoms with Crippen molar-refractivity contribution in [3.63, 3.8) is 0 Å². The van der Waals surface area contributed by atoms with Crippen molar-refractivity contribution in [1.82, 2.24) is 5.32 Å². The van der Waals surface area contributed by atoms with E-state index in [1.165, 1.54) is 12.1 Å². The first kappa shape index (κ1) is 22.9. The van der Waals surface area contributed by atoms with E-state index in [9.17, 15) is 22.8 Å². The number of carboxylic acid groups (broad SMARTS) is 1. The van der Waals surface area contributed by atoms with E-state index >= 15 is 0 Å². The number of alkyl halides is 3. The van der Waals surface area contributed by atoms with Crippen molar-refractivity contribution in [1.29, 1.82) is 0 Å². The van der Waals surface area contributed by atoms with Crippen LogP contribution in [0.2, 0.25) is 5.02 Å². The molecule has 0 bridgehead atoms. The molecule has 0 atom stereocenters. The minimum absolute atomic E-state index is 0.0164. The van der Waals surface area contributed by atoms with Gasteiger partial charge in [0.25, 0.3) is 5.91 Å². The Labute approximate surface area is 182 Å². The summed E-state index contributed by atoms with van der Waals surface area (Å²) < 4.78 is 38.7. The van der Waals surface area contributed by atoms with Crippen molar-refractivity contribution in [2.24, 2.45) is 5.92 Å². The molecule has 0 radical (unpaired) electrons. The lowest BCUT2D eigenvalue weighted by atomic mass is 9.86. The van der Waals surface area contributed by atoms with Gasteiger partial charge >= 0.3 is 12.1 Å². The molecule has 3 N–H and O–H groups in total. The lowest BCUT2D eigenvalue weighted by Crippen LogP contribution is -2.38. The monoisotopic (exact) mass is 454 g/mol. The van der Waals surface area contributed by atoms with Crippen LogP contribution in [-0.2, 0) is 6.18 Å². The lowest BCUT2D eigenvalue weighted by molar-refractivity contribution is -0.137. The summed E-state index contributed by atoms with van der Waals surface area (Å²) in [4.78, 5) is 23.4. The number of rotatable bonds is 6. The number of carbonyl (C=O) groups excluding carboxylic acids is 1.